The number of carbonyl (C=O) groups excluding carboxylic acids is 5. The molecule has 0 saturated heterocycles. The first-order chi connectivity index (χ1) is 22.9. The topological polar surface area (TPSA) is 128 Å². The van der Waals surface area contributed by atoms with Crippen LogP contribution in [0.2, 0.25) is 0 Å². The molecule has 1 N–H and O–H groups in total. The zero-order valence-electron chi connectivity index (χ0n) is 27.0. The van der Waals surface area contributed by atoms with Crippen molar-refractivity contribution in [2.75, 3.05) is 57.8 Å². The third-order valence-electron chi connectivity index (χ3n) is 8.69. The Balaban J connectivity index is 1.65. The van der Waals surface area contributed by atoms with Crippen LogP contribution in [0.5, 0.6) is 11.5 Å². The van der Waals surface area contributed by atoms with Gasteiger partial charge in [-0.3, -0.25) is 38.7 Å². The number of rotatable bonds is 17. The molecule has 0 aromatic heterocycles. The molecule has 0 aliphatic carbocycles. The maximum absolute atomic E-state index is 13.7. The van der Waals surface area contributed by atoms with Crippen molar-refractivity contribution < 1.29 is 55.8 Å². The molecular formula is C33H35F5N4O7. The van der Waals surface area contributed by atoms with E-state index in [0.717, 1.165) is 15.4 Å². The minimum atomic E-state index is -1.82. The van der Waals surface area contributed by atoms with Gasteiger partial charge in [-0.25, -0.2) is 0 Å². The largest absolute Gasteiger partial charge is 0.508 e. The molecule has 2 heterocycles. The maximum atomic E-state index is 13.7. The Kier molecular flexibility index (Phi) is 11.4. The van der Waals surface area contributed by atoms with E-state index in [1.807, 2.05) is 18.7 Å². The number of nitrogens with zero attached hydrogens (tertiary/aromatic N) is 4. The van der Waals surface area contributed by atoms with Gasteiger partial charge in [-0.2, -0.15) is 22.0 Å². The molecule has 1 spiro atoms. The molecular weight excluding hydrogens is 659 g/mol. The zero-order chi connectivity index (χ0) is 36.3. The van der Waals surface area contributed by atoms with Crippen LogP contribution in [-0.2, 0) is 42.5 Å². The Morgan fingerprint density at radius 1 is 0.755 bits per heavy atom. The molecule has 2 aromatic rings. The van der Waals surface area contributed by atoms with Crippen molar-refractivity contribution in [3.8, 4) is 11.5 Å². The molecule has 0 amide bonds. The van der Waals surface area contributed by atoms with Crippen molar-refractivity contribution in [2.24, 2.45) is 0 Å². The number of phenols is 1. The molecule has 16 heteroatoms. The lowest BCUT2D eigenvalue weighted by Crippen LogP contribution is -2.58. The van der Waals surface area contributed by atoms with Gasteiger partial charge in [-0.15, -0.1) is 0 Å². The molecule has 0 bridgehead atoms. The molecule has 0 radical (unpaired) electrons. The minimum absolute atomic E-state index is 0.109. The number of fused-ring (bicyclic) bond motifs is 2. The van der Waals surface area contributed by atoms with Crippen LogP contribution in [0.1, 0.15) is 36.1 Å². The summed E-state index contributed by atoms with van der Waals surface area (Å²) in [4.78, 5) is 60.7. The zero-order valence-corrected chi connectivity index (χ0v) is 27.0. The second kappa shape index (κ2) is 14.9. The summed E-state index contributed by atoms with van der Waals surface area (Å²) < 4.78 is 72.9. The fraction of sp³-hybridized carbons (Fsp3) is 0.424. The molecule has 11 nitrogen and oxygen atoms in total. The molecule has 0 saturated carbocycles. The molecule has 1 unspecified atom stereocenters. The maximum Gasteiger partial charge on any atom is 0.315 e. The van der Waals surface area contributed by atoms with Gasteiger partial charge in [-0.05, 0) is 55.3 Å². The van der Waals surface area contributed by atoms with Gasteiger partial charge in [0.2, 0.25) is 5.72 Å². The molecule has 2 aromatic carbocycles. The predicted octanol–water partition coefficient (Wildman–Crippen LogP) is 3.31. The van der Waals surface area contributed by atoms with Crippen molar-refractivity contribution in [3.05, 3.63) is 58.7 Å². The van der Waals surface area contributed by atoms with Gasteiger partial charge in [0.15, 0.2) is 0 Å². The summed E-state index contributed by atoms with van der Waals surface area (Å²) in [6.07, 6.45) is 3.51. The lowest BCUT2D eigenvalue weighted by Gasteiger charge is -2.46. The Bertz CT molecular complexity index is 1650. The lowest BCUT2D eigenvalue weighted by molar-refractivity contribution is -0.135. The first-order valence-corrected chi connectivity index (χ1v) is 15.1. The number of hydrogen-bond donors (Lipinski definition) is 1. The Morgan fingerprint density at radius 2 is 1.29 bits per heavy atom. The van der Waals surface area contributed by atoms with E-state index >= 15 is 0 Å². The third kappa shape index (κ3) is 8.55. The van der Waals surface area contributed by atoms with E-state index in [4.69, 9.17) is 4.74 Å². The SMILES string of the molecule is CN1c2cc(CN(CC(=O)F)CC(=O)F)ccc2C(C)(C)C12C=Cc1cc(O)cc(CN(CCN(CC(=O)F)CC(=O)F)CC(=O)F)c1O2. The monoisotopic (exact) mass is 694 g/mol. The fourth-order valence-corrected chi connectivity index (χ4v) is 6.50. The Labute approximate surface area is 278 Å². The second-order valence-electron chi connectivity index (χ2n) is 12.5. The lowest BCUT2D eigenvalue weighted by atomic mass is 9.76. The van der Waals surface area contributed by atoms with Crippen LogP contribution in [0.3, 0.4) is 0 Å². The highest BCUT2D eigenvalue weighted by atomic mass is 19.2. The molecule has 2 aliphatic rings. The van der Waals surface area contributed by atoms with Crippen LogP contribution in [-0.4, -0.2) is 109 Å². The summed E-state index contributed by atoms with van der Waals surface area (Å²) in [6, 6.07) is -0.761. The van der Waals surface area contributed by atoms with E-state index in [0.29, 0.717) is 22.4 Å². The summed E-state index contributed by atoms with van der Waals surface area (Å²) in [5.41, 5.74) is 0.809. The number of aromatic hydroxyl groups is 1. The van der Waals surface area contributed by atoms with E-state index < -0.39 is 74.0 Å². The van der Waals surface area contributed by atoms with E-state index in [1.54, 1.807) is 37.4 Å². The highest BCUT2D eigenvalue weighted by molar-refractivity contribution is 5.76. The van der Waals surface area contributed by atoms with Crippen LogP contribution in [0.4, 0.5) is 27.6 Å². The van der Waals surface area contributed by atoms with Gasteiger partial charge in [0, 0.05) is 50.0 Å². The Morgan fingerprint density at radius 3 is 1.86 bits per heavy atom. The predicted molar refractivity (Wildman–Crippen MR) is 166 cm³/mol. The number of phenolic OH excluding ortho intramolecular Hbond substituents is 1. The molecule has 4 rings (SSSR count). The standard InChI is InChI=1S/C33H35F5N4O7/c1-32(2)24-5-4-20(13-42(18-29(37)47)19-30(38)48)10-25(24)39(3)33(32)7-6-21-11-23(43)12-22(31(21)49-33)14-40(15-26(34)44)8-9-41(16-27(35)45)17-28(36)46/h4-7,10-12,43H,8-9,13-19H2,1-3H3. The average Bonchev–Trinajstić information content (AvgIpc) is 3.12. The fourth-order valence-electron chi connectivity index (χ4n) is 6.50. The molecule has 1 atom stereocenters. The molecule has 2 aliphatic heterocycles. The van der Waals surface area contributed by atoms with Gasteiger partial charge in [-0.1, -0.05) is 12.1 Å². The van der Waals surface area contributed by atoms with Crippen molar-refractivity contribution in [1.82, 2.24) is 14.7 Å². The summed E-state index contributed by atoms with van der Waals surface area (Å²) in [5.74, 6) is 0.0978. The van der Waals surface area contributed by atoms with E-state index in [9.17, 15) is 51.0 Å². The highest BCUT2D eigenvalue weighted by Crippen LogP contribution is 2.55. The number of hydrogen-bond acceptors (Lipinski definition) is 11. The van der Waals surface area contributed by atoms with E-state index in [1.165, 1.54) is 17.0 Å². The number of ether oxygens (including phenoxy) is 1. The number of benzene rings is 2. The van der Waals surface area contributed by atoms with Crippen LogP contribution < -0.4 is 9.64 Å². The highest BCUT2D eigenvalue weighted by Gasteiger charge is 2.58. The summed E-state index contributed by atoms with van der Waals surface area (Å²) in [7, 11) is 1.75. The van der Waals surface area contributed by atoms with E-state index in [-0.39, 0.29) is 37.7 Å². The van der Waals surface area contributed by atoms with Crippen molar-refractivity contribution in [1.29, 1.82) is 0 Å². The van der Waals surface area contributed by atoms with Gasteiger partial charge < -0.3 is 14.7 Å². The smallest absolute Gasteiger partial charge is 0.315 e. The number of halogens is 5. The summed E-state index contributed by atoms with van der Waals surface area (Å²) >= 11 is 0. The number of anilines is 1. The molecule has 0 fully saturated rings. The first kappa shape index (κ1) is 37.3. The molecule has 264 valence electrons. The number of likely N-dealkylation sites (N-methyl/N-ethyl adjacent to an activating group) is 1. The average molecular weight is 695 g/mol. The van der Waals surface area contributed by atoms with Gasteiger partial charge in [0.25, 0.3) is 0 Å². The van der Waals surface area contributed by atoms with Gasteiger partial charge >= 0.3 is 30.2 Å². The van der Waals surface area contributed by atoms with Gasteiger partial charge in [0.1, 0.15) is 11.5 Å². The molecule has 49 heavy (non-hydrogen) atoms. The van der Waals surface area contributed by atoms with Crippen molar-refractivity contribution >= 4 is 41.9 Å². The number of carbonyl (C=O) groups is 5. The second-order valence-corrected chi connectivity index (χ2v) is 12.5. The van der Waals surface area contributed by atoms with Crippen LogP contribution in [0.25, 0.3) is 6.08 Å². The van der Waals surface area contributed by atoms with Crippen LogP contribution in [0.15, 0.2) is 36.4 Å². The Hall–Kier alpha value is -4.54. The third-order valence-corrected chi connectivity index (χ3v) is 8.69. The van der Waals surface area contributed by atoms with Gasteiger partial charge in [0.05, 0.1) is 38.1 Å². The minimum Gasteiger partial charge on any atom is -0.508 e. The normalized spacial score (nSPS) is 17.4. The summed E-state index contributed by atoms with van der Waals surface area (Å²) in [5, 5.41) is 10.5. The van der Waals surface area contributed by atoms with Crippen molar-refractivity contribution in [3.63, 3.8) is 0 Å². The van der Waals surface area contributed by atoms with Crippen molar-refractivity contribution in [2.45, 2.75) is 38.1 Å². The summed E-state index contributed by atoms with van der Waals surface area (Å²) in [6.45, 7) is -1.06. The van der Waals surface area contributed by atoms with Crippen LogP contribution >= 0.6 is 0 Å². The van der Waals surface area contributed by atoms with E-state index in [2.05, 4.69) is 0 Å². The quantitative estimate of drug-likeness (QED) is 0.194. The van der Waals surface area contributed by atoms with Crippen LogP contribution in [0, 0.1) is 0 Å². The first-order valence-electron chi connectivity index (χ1n) is 15.1.